The van der Waals surface area contributed by atoms with Gasteiger partial charge < -0.3 is 20.8 Å². The van der Waals surface area contributed by atoms with Gasteiger partial charge in [-0.05, 0) is 49.2 Å². The van der Waals surface area contributed by atoms with E-state index in [4.69, 9.17) is 21.8 Å². The highest BCUT2D eigenvalue weighted by Gasteiger charge is 2.07. The first kappa shape index (κ1) is 18.9. The van der Waals surface area contributed by atoms with E-state index in [-0.39, 0.29) is 5.91 Å². The second kappa shape index (κ2) is 9.74. The van der Waals surface area contributed by atoms with E-state index in [9.17, 15) is 9.59 Å². The summed E-state index contributed by atoms with van der Waals surface area (Å²) in [6, 6.07) is 10.6. The Bertz CT molecular complexity index is 698. The summed E-state index contributed by atoms with van der Waals surface area (Å²) in [5.41, 5.74) is 5.90. The molecule has 25 heavy (non-hydrogen) atoms. The molecule has 134 valence electrons. The van der Waals surface area contributed by atoms with E-state index >= 15 is 0 Å². The normalized spacial score (nSPS) is 10.4. The fourth-order valence-electron chi connectivity index (χ4n) is 2.32. The van der Waals surface area contributed by atoms with Gasteiger partial charge in [-0.1, -0.05) is 18.0 Å². The Hall–Kier alpha value is -2.47. The zero-order valence-corrected chi connectivity index (χ0v) is 14.6. The van der Waals surface area contributed by atoms with Gasteiger partial charge in [-0.2, -0.15) is 0 Å². The maximum absolute atomic E-state index is 11.8. The molecular weight excluding hydrogens is 342 g/mol. The highest BCUT2D eigenvalue weighted by atomic mass is 35.5. The van der Waals surface area contributed by atoms with Crippen molar-refractivity contribution < 1.29 is 14.0 Å². The fraction of sp³-hybridized carbons (Fsp3) is 0.333. The highest BCUT2D eigenvalue weighted by Crippen LogP contribution is 2.23. The van der Waals surface area contributed by atoms with E-state index in [0.717, 1.165) is 30.6 Å². The molecule has 2 aromatic rings. The number of nitrogens with one attached hydrogen (secondary N) is 2. The Kier molecular flexibility index (Phi) is 7.35. The number of hydrogen-bond donors (Lipinski definition) is 3. The molecule has 0 aliphatic rings. The molecule has 0 fully saturated rings. The quantitative estimate of drug-likeness (QED) is 0.595. The Morgan fingerprint density at radius 1 is 1.00 bits per heavy atom. The molecule has 6 nitrogen and oxygen atoms in total. The van der Waals surface area contributed by atoms with Crippen LogP contribution in [0.25, 0.3) is 11.3 Å². The van der Waals surface area contributed by atoms with Crippen molar-refractivity contribution in [3.8, 4) is 11.3 Å². The summed E-state index contributed by atoms with van der Waals surface area (Å²) >= 11 is 5.87. The zero-order chi connectivity index (χ0) is 18.1. The van der Waals surface area contributed by atoms with Gasteiger partial charge in [-0.3, -0.25) is 4.79 Å². The average Bonchev–Trinajstić information content (AvgIpc) is 3.05. The number of halogens is 1. The third-order valence-corrected chi connectivity index (χ3v) is 3.88. The molecule has 0 aliphatic carbocycles. The Labute approximate surface area is 151 Å². The number of amides is 3. The first-order chi connectivity index (χ1) is 12.0. The number of primary amides is 1. The van der Waals surface area contributed by atoms with Gasteiger partial charge in [0.15, 0.2) is 0 Å². The molecule has 0 bridgehead atoms. The van der Waals surface area contributed by atoms with Crippen molar-refractivity contribution in [3.05, 3.63) is 47.2 Å². The van der Waals surface area contributed by atoms with Gasteiger partial charge in [-0.15, -0.1) is 0 Å². The van der Waals surface area contributed by atoms with Crippen LogP contribution in [0.4, 0.5) is 4.79 Å². The second-order valence-corrected chi connectivity index (χ2v) is 6.09. The average molecular weight is 364 g/mol. The molecule has 0 radical (unpaired) electrons. The Morgan fingerprint density at radius 3 is 2.48 bits per heavy atom. The molecule has 1 aromatic heterocycles. The van der Waals surface area contributed by atoms with Crippen molar-refractivity contribution in [2.45, 2.75) is 32.2 Å². The van der Waals surface area contributed by atoms with E-state index in [1.54, 1.807) is 12.1 Å². The lowest BCUT2D eigenvalue weighted by Crippen LogP contribution is -2.30. The van der Waals surface area contributed by atoms with Gasteiger partial charge in [-0.25, -0.2) is 4.79 Å². The van der Waals surface area contributed by atoms with E-state index in [0.29, 0.717) is 30.3 Å². The molecule has 0 unspecified atom stereocenters. The standard InChI is InChI=1S/C18H22ClN3O3/c19-14-7-5-13(6-8-14)16-10-9-15(25-16)12-22-17(23)4-2-1-3-11-21-18(20)24/h5-10H,1-4,11-12H2,(H,22,23)(H3,20,21,24). The molecule has 3 amide bonds. The van der Waals surface area contributed by atoms with Crippen LogP contribution in [0, 0.1) is 0 Å². The van der Waals surface area contributed by atoms with Gasteiger partial charge in [0.05, 0.1) is 6.54 Å². The molecule has 1 aromatic carbocycles. The summed E-state index contributed by atoms with van der Waals surface area (Å²) in [7, 11) is 0. The number of rotatable bonds is 9. The smallest absolute Gasteiger partial charge is 0.312 e. The summed E-state index contributed by atoms with van der Waals surface area (Å²) in [6.45, 7) is 0.895. The largest absolute Gasteiger partial charge is 0.459 e. The van der Waals surface area contributed by atoms with Crippen molar-refractivity contribution in [1.82, 2.24) is 10.6 Å². The molecular formula is C18H22ClN3O3. The maximum atomic E-state index is 11.8. The molecule has 0 spiro atoms. The van der Waals surface area contributed by atoms with Crippen LogP contribution in [0.3, 0.4) is 0 Å². The van der Waals surface area contributed by atoms with Gasteiger partial charge in [0, 0.05) is 23.6 Å². The zero-order valence-electron chi connectivity index (χ0n) is 13.9. The summed E-state index contributed by atoms with van der Waals surface area (Å²) in [4.78, 5) is 22.3. The first-order valence-corrected chi connectivity index (χ1v) is 8.57. The van der Waals surface area contributed by atoms with Crippen LogP contribution in [-0.4, -0.2) is 18.5 Å². The van der Waals surface area contributed by atoms with Crippen molar-refractivity contribution in [2.75, 3.05) is 6.54 Å². The number of nitrogens with two attached hydrogens (primary N) is 1. The first-order valence-electron chi connectivity index (χ1n) is 8.19. The van der Waals surface area contributed by atoms with Crippen molar-refractivity contribution in [1.29, 1.82) is 0 Å². The van der Waals surface area contributed by atoms with Gasteiger partial charge >= 0.3 is 6.03 Å². The predicted octanol–water partition coefficient (Wildman–Crippen LogP) is 3.44. The van der Waals surface area contributed by atoms with E-state index in [1.807, 2.05) is 24.3 Å². The Morgan fingerprint density at radius 2 is 1.76 bits per heavy atom. The summed E-state index contributed by atoms with van der Waals surface area (Å²) < 4.78 is 5.73. The minimum absolute atomic E-state index is 0.0210. The molecule has 0 aliphatic heterocycles. The lowest BCUT2D eigenvalue weighted by atomic mass is 10.2. The number of carbonyl (C=O) groups excluding carboxylic acids is 2. The molecule has 1 heterocycles. The summed E-state index contributed by atoms with van der Waals surface area (Å²) in [5.74, 6) is 1.42. The van der Waals surface area contributed by atoms with Crippen LogP contribution in [0.1, 0.15) is 31.4 Å². The van der Waals surface area contributed by atoms with Crippen LogP contribution in [0.5, 0.6) is 0 Å². The monoisotopic (exact) mass is 363 g/mol. The number of urea groups is 1. The third-order valence-electron chi connectivity index (χ3n) is 3.63. The lowest BCUT2D eigenvalue weighted by Gasteiger charge is -2.04. The van der Waals surface area contributed by atoms with E-state index in [2.05, 4.69) is 10.6 Å². The number of unbranched alkanes of at least 4 members (excludes halogenated alkanes) is 2. The third kappa shape index (κ3) is 6.89. The second-order valence-electron chi connectivity index (χ2n) is 5.65. The van der Waals surface area contributed by atoms with E-state index < -0.39 is 6.03 Å². The van der Waals surface area contributed by atoms with Gasteiger partial charge in [0.1, 0.15) is 11.5 Å². The molecule has 2 rings (SSSR count). The topological polar surface area (TPSA) is 97.4 Å². The van der Waals surface area contributed by atoms with Crippen molar-refractivity contribution in [3.63, 3.8) is 0 Å². The summed E-state index contributed by atoms with van der Waals surface area (Å²) in [6.07, 6.45) is 2.87. The Balaban J connectivity index is 1.66. The SMILES string of the molecule is NC(=O)NCCCCCC(=O)NCc1ccc(-c2ccc(Cl)cc2)o1. The van der Waals surface area contributed by atoms with Crippen molar-refractivity contribution in [2.24, 2.45) is 5.73 Å². The maximum Gasteiger partial charge on any atom is 0.312 e. The van der Waals surface area contributed by atoms with Crippen LogP contribution in [0.2, 0.25) is 5.02 Å². The molecule has 0 atom stereocenters. The van der Waals surface area contributed by atoms with Gasteiger partial charge in [0.2, 0.25) is 5.91 Å². The highest BCUT2D eigenvalue weighted by molar-refractivity contribution is 6.30. The predicted molar refractivity (Wildman–Crippen MR) is 97.1 cm³/mol. The lowest BCUT2D eigenvalue weighted by molar-refractivity contribution is -0.121. The molecule has 4 N–H and O–H groups in total. The number of carbonyl (C=O) groups is 2. The minimum Gasteiger partial charge on any atom is -0.459 e. The van der Waals surface area contributed by atoms with Crippen LogP contribution < -0.4 is 16.4 Å². The van der Waals surface area contributed by atoms with Crippen molar-refractivity contribution >= 4 is 23.5 Å². The molecule has 7 heteroatoms. The summed E-state index contributed by atoms with van der Waals surface area (Å²) in [5, 5.41) is 6.03. The van der Waals surface area contributed by atoms with Crippen LogP contribution in [-0.2, 0) is 11.3 Å². The number of benzene rings is 1. The van der Waals surface area contributed by atoms with E-state index in [1.165, 1.54) is 0 Å². The molecule has 0 saturated carbocycles. The number of hydrogen-bond acceptors (Lipinski definition) is 3. The molecule has 0 saturated heterocycles. The van der Waals surface area contributed by atoms with Crippen LogP contribution >= 0.6 is 11.6 Å². The minimum atomic E-state index is -0.519. The number of furan rings is 1. The van der Waals surface area contributed by atoms with Crippen LogP contribution in [0.15, 0.2) is 40.8 Å². The van der Waals surface area contributed by atoms with Gasteiger partial charge in [0.25, 0.3) is 0 Å². The fourth-order valence-corrected chi connectivity index (χ4v) is 2.44.